The molecule has 0 spiro atoms. The fourth-order valence-corrected chi connectivity index (χ4v) is 5.45. The Labute approximate surface area is 212 Å². The van der Waals surface area contributed by atoms with Crippen LogP contribution in [0, 0.1) is 11.6 Å². The molecular formula is C29H38F3N3O. The number of rotatable bonds is 7. The van der Waals surface area contributed by atoms with Gasteiger partial charge in [-0.2, -0.15) is 0 Å². The number of aromatic amines is 1. The van der Waals surface area contributed by atoms with Crippen LogP contribution in [0.3, 0.4) is 0 Å². The molecule has 3 aromatic rings. The molecule has 2 aromatic carbocycles. The maximum atomic E-state index is 15.6. The first-order valence-electron chi connectivity index (χ1n) is 13.1. The number of hydrogen-bond acceptors (Lipinski definition) is 3. The monoisotopic (exact) mass is 501 g/mol. The number of hydrogen-bond donors (Lipinski definition) is 1. The molecule has 7 heteroatoms. The topological polar surface area (TPSA) is 31.5 Å². The third-order valence-corrected chi connectivity index (χ3v) is 6.81. The average molecular weight is 502 g/mol. The van der Waals surface area contributed by atoms with E-state index >= 15 is 8.78 Å². The van der Waals surface area contributed by atoms with Gasteiger partial charge in [0.2, 0.25) is 0 Å². The molecule has 1 atom stereocenters. The molecule has 1 unspecified atom stereocenters. The minimum Gasteiger partial charge on any atom is -0.488 e. The van der Waals surface area contributed by atoms with E-state index < -0.39 is 23.3 Å². The van der Waals surface area contributed by atoms with E-state index in [9.17, 15) is 4.39 Å². The summed E-state index contributed by atoms with van der Waals surface area (Å²) >= 11 is 0. The number of benzene rings is 2. The smallest absolute Gasteiger partial charge is 0.135 e. The van der Waals surface area contributed by atoms with E-state index in [1.54, 1.807) is 0 Å². The van der Waals surface area contributed by atoms with E-state index in [1.807, 2.05) is 43.0 Å². The second-order valence-corrected chi connectivity index (χ2v) is 10.2. The third kappa shape index (κ3) is 5.42. The van der Waals surface area contributed by atoms with Crippen LogP contribution in [0.15, 0.2) is 36.4 Å². The molecule has 1 saturated heterocycles. The van der Waals surface area contributed by atoms with Crippen LogP contribution in [0.25, 0.3) is 10.9 Å². The van der Waals surface area contributed by atoms with Gasteiger partial charge in [-0.05, 0) is 44.9 Å². The fourth-order valence-electron chi connectivity index (χ4n) is 5.45. The molecule has 2 aliphatic heterocycles. The lowest BCUT2D eigenvalue weighted by molar-refractivity contribution is 0.0198. The minimum atomic E-state index is -1.51. The molecule has 0 bridgehead atoms. The van der Waals surface area contributed by atoms with E-state index in [0.29, 0.717) is 13.0 Å². The summed E-state index contributed by atoms with van der Waals surface area (Å²) in [7, 11) is 0. The van der Waals surface area contributed by atoms with Gasteiger partial charge in [0.05, 0.1) is 6.04 Å². The molecule has 5 rings (SSSR count). The van der Waals surface area contributed by atoms with Crippen LogP contribution < -0.4 is 4.74 Å². The first-order valence-corrected chi connectivity index (χ1v) is 13.1. The Bertz CT molecular complexity index is 1160. The van der Waals surface area contributed by atoms with E-state index in [4.69, 9.17) is 4.74 Å². The van der Waals surface area contributed by atoms with Crippen molar-refractivity contribution in [2.45, 2.75) is 65.3 Å². The summed E-state index contributed by atoms with van der Waals surface area (Å²) in [5.74, 6) is -1.14. The molecule has 2 aliphatic rings. The third-order valence-electron chi connectivity index (χ3n) is 6.81. The normalized spacial score (nSPS) is 18.9. The summed E-state index contributed by atoms with van der Waals surface area (Å²) in [4.78, 5) is 7.48. The average Bonchev–Trinajstić information content (AvgIpc) is 3.17. The van der Waals surface area contributed by atoms with Crippen molar-refractivity contribution in [1.29, 1.82) is 0 Å². The van der Waals surface area contributed by atoms with Crippen molar-refractivity contribution >= 4 is 10.9 Å². The maximum absolute atomic E-state index is 15.6. The van der Waals surface area contributed by atoms with Gasteiger partial charge in [0.15, 0.2) is 0 Å². The molecule has 1 N–H and O–H groups in total. The Morgan fingerprint density at radius 3 is 2.39 bits per heavy atom. The minimum absolute atomic E-state index is 0.0602. The standard InChI is InChI=1S/C27H32F3N3O.C2H6/c1-4-10-32-14-18(15-32)34-17-12-21(28)24(22(29)13-17)26-25-20(9-11-33(26)16-27(2,3)30)19-7-5-6-8-23(19)31-25;1-2/h5-8,12-13,18,26,31H,4,9-11,14-16H2,1-3H3;1-2H3. The summed E-state index contributed by atoms with van der Waals surface area (Å²) in [5.41, 5.74) is 1.12. The highest BCUT2D eigenvalue weighted by atomic mass is 19.1. The number of alkyl halides is 1. The van der Waals surface area contributed by atoms with Gasteiger partial charge < -0.3 is 9.72 Å². The second kappa shape index (κ2) is 10.9. The molecule has 196 valence electrons. The van der Waals surface area contributed by atoms with Crippen LogP contribution >= 0.6 is 0 Å². The number of halogens is 3. The zero-order valence-electron chi connectivity index (χ0n) is 22.0. The van der Waals surface area contributed by atoms with Crippen LogP contribution in [0.5, 0.6) is 5.75 Å². The first-order chi connectivity index (χ1) is 17.2. The largest absolute Gasteiger partial charge is 0.488 e. The Kier molecular flexibility index (Phi) is 8.00. The molecule has 1 aromatic heterocycles. The number of ether oxygens (including phenoxy) is 1. The van der Waals surface area contributed by atoms with Crippen molar-refractivity contribution in [2.24, 2.45) is 0 Å². The van der Waals surface area contributed by atoms with Crippen molar-refractivity contribution in [3.63, 3.8) is 0 Å². The number of aromatic nitrogens is 1. The Morgan fingerprint density at radius 2 is 1.75 bits per heavy atom. The fraction of sp³-hybridized carbons (Fsp3) is 0.517. The zero-order chi connectivity index (χ0) is 26.0. The molecule has 0 aliphatic carbocycles. The van der Waals surface area contributed by atoms with Gasteiger partial charge in [0.25, 0.3) is 0 Å². The molecule has 4 nitrogen and oxygen atoms in total. The number of likely N-dealkylation sites (tertiary alicyclic amines) is 1. The Morgan fingerprint density at radius 1 is 1.08 bits per heavy atom. The molecule has 3 heterocycles. The van der Waals surface area contributed by atoms with Crippen LogP contribution in [0.1, 0.15) is 63.9 Å². The van der Waals surface area contributed by atoms with E-state index in [0.717, 1.165) is 48.2 Å². The van der Waals surface area contributed by atoms with Gasteiger partial charge in [-0.3, -0.25) is 9.80 Å². The molecule has 36 heavy (non-hydrogen) atoms. The summed E-state index contributed by atoms with van der Waals surface area (Å²) in [6.45, 7) is 12.2. The lowest BCUT2D eigenvalue weighted by Crippen LogP contribution is -2.53. The van der Waals surface area contributed by atoms with Crippen molar-refractivity contribution in [2.75, 3.05) is 32.7 Å². The summed E-state index contributed by atoms with van der Waals surface area (Å²) in [6, 6.07) is 9.66. The van der Waals surface area contributed by atoms with Crippen molar-refractivity contribution in [3.8, 4) is 5.75 Å². The number of nitrogens with one attached hydrogen (secondary N) is 1. The van der Waals surface area contributed by atoms with Gasteiger partial charge in [-0.25, -0.2) is 13.2 Å². The lowest BCUT2D eigenvalue weighted by atomic mass is 9.90. The summed E-state index contributed by atoms with van der Waals surface area (Å²) in [6.07, 6.45) is 1.69. The number of para-hydroxylation sites is 1. The Balaban J connectivity index is 0.00000148. The first kappa shape index (κ1) is 26.6. The predicted molar refractivity (Wildman–Crippen MR) is 139 cm³/mol. The van der Waals surface area contributed by atoms with E-state index in [1.165, 1.54) is 26.0 Å². The predicted octanol–water partition coefficient (Wildman–Crippen LogP) is 6.64. The van der Waals surface area contributed by atoms with E-state index in [2.05, 4.69) is 16.8 Å². The second-order valence-electron chi connectivity index (χ2n) is 10.2. The SMILES string of the molecule is CC.CCCN1CC(Oc2cc(F)c(C3c4[nH]c5ccccc5c4CCN3CC(C)(C)F)c(F)c2)C1. The molecule has 1 fully saturated rings. The quantitative estimate of drug-likeness (QED) is 0.394. The van der Waals surface area contributed by atoms with Gasteiger partial charge in [0.1, 0.15) is 29.2 Å². The molecule has 0 saturated carbocycles. The highest BCUT2D eigenvalue weighted by Gasteiger charge is 2.38. The van der Waals surface area contributed by atoms with Crippen molar-refractivity contribution in [1.82, 2.24) is 14.8 Å². The van der Waals surface area contributed by atoms with Crippen LogP contribution in [-0.2, 0) is 6.42 Å². The van der Waals surface area contributed by atoms with Gasteiger partial charge >= 0.3 is 0 Å². The van der Waals surface area contributed by atoms with Crippen molar-refractivity contribution < 1.29 is 17.9 Å². The number of H-pyrrole nitrogens is 1. The molecular weight excluding hydrogens is 463 g/mol. The maximum Gasteiger partial charge on any atom is 0.135 e. The highest BCUT2D eigenvalue weighted by molar-refractivity contribution is 5.85. The Hall–Kier alpha value is -2.51. The van der Waals surface area contributed by atoms with Crippen LogP contribution in [-0.4, -0.2) is 59.3 Å². The summed E-state index contributed by atoms with van der Waals surface area (Å²) < 4.78 is 51.7. The number of nitrogens with zero attached hydrogens (tertiary/aromatic N) is 2. The molecule has 0 radical (unpaired) electrons. The number of fused-ring (bicyclic) bond motifs is 3. The van der Waals surface area contributed by atoms with Gasteiger partial charge in [-0.15, -0.1) is 0 Å². The van der Waals surface area contributed by atoms with Crippen LogP contribution in [0.2, 0.25) is 0 Å². The lowest BCUT2D eigenvalue weighted by Gasteiger charge is -2.39. The van der Waals surface area contributed by atoms with Gasteiger partial charge in [-0.1, -0.05) is 39.0 Å². The highest BCUT2D eigenvalue weighted by Crippen LogP contribution is 2.42. The van der Waals surface area contributed by atoms with Crippen molar-refractivity contribution in [3.05, 3.63) is 64.9 Å². The van der Waals surface area contributed by atoms with E-state index in [-0.39, 0.29) is 24.0 Å². The zero-order valence-corrected chi connectivity index (χ0v) is 22.0. The van der Waals surface area contributed by atoms with Crippen LogP contribution in [0.4, 0.5) is 13.2 Å². The molecule has 0 amide bonds. The summed E-state index contributed by atoms with van der Waals surface area (Å²) in [5, 5.41) is 1.05. The van der Waals surface area contributed by atoms with Gasteiger partial charge in [0, 0.05) is 60.5 Å².